The van der Waals surface area contributed by atoms with E-state index in [1.165, 1.54) is 13.3 Å². The van der Waals surface area contributed by atoms with Gasteiger partial charge in [-0.1, -0.05) is 0 Å². The highest BCUT2D eigenvalue weighted by Crippen LogP contribution is 2.35. The molecule has 0 fully saturated rings. The average Bonchev–Trinajstić information content (AvgIpc) is 3.16. The molecule has 0 bridgehead atoms. The molecular formula is C15H18F3N9. The van der Waals surface area contributed by atoms with Crippen LogP contribution in [0.3, 0.4) is 0 Å². The van der Waals surface area contributed by atoms with E-state index in [4.69, 9.17) is 5.73 Å². The highest BCUT2D eigenvalue weighted by molar-refractivity contribution is 5.58. The van der Waals surface area contributed by atoms with Gasteiger partial charge in [-0.25, -0.2) is 4.98 Å². The van der Waals surface area contributed by atoms with Crippen molar-refractivity contribution >= 4 is 17.5 Å². The number of aromatic nitrogens is 7. The van der Waals surface area contributed by atoms with Gasteiger partial charge in [0.1, 0.15) is 23.2 Å². The molecule has 27 heavy (non-hydrogen) atoms. The zero-order valence-corrected chi connectivity index (χ0v) is 15.0. The van der Waals surface area contributed by atoms with Crippen molar-refractivity contribution in [1.29, 1.82) is 0 Å². The van der Waals surface area contributed by atoms with Crippen LogP contribution in [0.15, 0.2) is 12.5 Å². The second kappa shape index (κ2) is 6.21. The van der Waals surface area contributed by atoms with Crippen molar-refractivity contribution in [2.24, 2.45) is 0 Å². The van der Waals surface area contributed by atoms with Gasteiger partial charge in [0.05, 0.1) is 17.1 Å². The highest BCUT2D eigenvalue weighted by atomic mass is 19.4. The van der Waals surface area contributed by atoms with Crippen LogP contribution in [0, 0.1) is 13.8 Å². The summed E-state index contributed by atoms with van der Waals surface area (Å²) < 4.78 is 40.6. The predicted molar refractivity (Wildman–Crippen MR) is 91.2 cm³/mol. The zero-order chi connectivity index (χ0) is 20.0. The molecule has 9 nitrogen and oxygen atoms in total. The summed E-state index contributed by atoms with van der Waals surface area (Å²) in [5.74, 6) is -0.0786. The number of aromatic amines is 1. The van der Waals surface area contributed by atoms with E-state index < -0.39 is 23.1 Å². The molecule has 0 radical (unpaired) electrons. The van der Waals surface area contributed by atoms with E-state index in [0.29, 0.717) is 17.2 Å². The second-order valence-corrected chi connectivity index (χ2v) is 6.48. The van der Waals surface area contributed by atoms with Gasteiger partial charge in [0, 0.05) is 6.20 Å². The maximum Gasteiger partial charge on any atom is 0.421 e. The number of aryl methyl sites for hydroxylation is 2. The van der Waals surface area contributed by atoms with E-state index >= 15 is 0 Å². The molecule has 0 atom stereocenters. The number of rotatable bonds is 4. The van der Waals surface area contributed by atoms with E-state index in [1.807, 2.05) is 13.8 Å². The first-order valence-corrected chi connectivity index (χ1v) is 7.91. The van der Waals surface area contributed by atoms with Gasteiger partial charge in [0.25, 0.3) is 0 Å². The van der Waals surface area contributed by atoms with Gasteiger partial charge >= 0.3 is 6.18 Å². The molecule has 0 spiro atoms. The Balaban J connectivity index is 1.93. The number of H-pyrrole nitrogens is 1. The van der Waals surface area contributed by atoms with Crippen molar-refractivity contribution in [1.82, 2.24) is 34.9 Å². The molecule has 144 valence electrons. The lowest BCUT2D eigenvalue weighted by molar-refractivity contribution is -0.137. The van der Waals surface area contributed by atoms with Gasteiger partial charge in [-0.3, -0.25) is 4.68 Å². The summed E-state index contributed by atoms with van der Waals surface area (Å²) in [5, 5.41) is 15.1. The fraction of sp³-hybridized carbons (Fsp3) is 0.400. The minimum atomic E-state index is -4.62. The predicted octanol–water partition coefficient (Wildman–Crippen LogP) is 2.54. The third-order valence-corrected chi connectivity index (χ3v) is 4.12. The number of nitrogens with zero attached hydrogens (tertiary/aromatic N) is 6. The average molecular weight is 381 g/mol. The molecule has 3 rings (SSSR count). The molecule has 0 amide bonds. The van der Waals surface area contributed by atoms with Crippen LogP contribution in [0.4, 0.5) is 30.6 Å². The van der Waals surface area contributed by atoms with Gasteiger partial charge < -0.3 is 16.0 Å². The Morgan fingerprint density at radius 3 is 2.41 bits per heavy atom. The van der Waals surface area contributed by atoms with E-state index in [2.05, 4.69) is 35.6 Å². The smallest absolute Gasteiger partial charge is 0.383 e. The Bertz CT molecular complexity index is 935. The monoisotopic (exact) mass is 381 g/mol. The van der Waals surface area contributed by atoms with Crippen LogP contribution in [-0.2, 0) is 11.7 Å². The number of nitrogen functional groups attached to an aromatic ring is 1. The summed E-state index contributed by atoms with van der Waals surface area (Å²) in [7, 11) is 0. The Morgan fingerprint density at radius 2 is 1.85 bits per heavy atom. The van der Waals surface area contributed by atoms with E-state index in [1.54, 1.807) is 17.8 Å². The molecule has 3 aromatic rings. The van der Waals surface area contributed by atoms with Crippen LogP contribution in [0.2, 0.25) is 0 Å². The topological polar surface area (TPSA) is 123 Å². The molecule has 3 aromatic heterocycles. The van der Waals surface area contributed by atoms with Crippen molar-refractivity contribution < 1.29 is 13.2 Å². The summed E-state index contributed by atoms with van der Waals surface area (Å²) in [5.41, 5.74) is 4.69. The maximum absolute atomic E-state index is 13.0. The van der Waals surface area contributed by atoms with E-state index in [-0.39, 0.29) is 11.6 Å². The quantitative estimate of drug-likeness (QED) is 0.634. The lowest BCUT2D eigenvalue weighted by Gasteiger charge is -2.22. The van der Waals surface area contributed by atoms with Crippen LogP contribution in [-0.4, -0.2) is 34.9 Å². The Morgan fingerprint density at radius 1 is 1.15 bits per heavy atom. The third kappa shape index (κ3) is 3.41. The minimum Gasteiger partial charge on any atom is -0.383 e. The molecule has 0 unspecified atom stereocenters. The molecule has 0 aliphatic carbocycles. The van der Waals surface area contributed by atoms with Gasteiger partial charge in [-0.05, 0) is 27.7 Å². The standard InChI is InChI=1S/C15H18F3N9/c1-7-9(5-27(26-7)14(3,4)12-20-6-21-25-12)23-13-22-8(2)10(11(19)24-13)15(16,17)18/h5-6H,1-4H3,(H,20,21,25)(H3,19,22,23,24). The molecule has 0 aliphatic rings. The molecule has 12 heteroatoms. The first-order chi connectivity index (χ1) is 12.5. The Labute approximate surface area is 152 Å². The van der Waals surface area contributed by atoms with Gasteiger partial charge in [-0.15, -0.1) is 10.2 Å². The lowest BCUT2D eigenvalue weighted by atomic mass is 10.1. The summed E-state index contributed by atoms with van der Waals surface area (Å²) in [6, 6.07) is 0. The van der Waals surface area contributed by atoms with Crippen LogP contribution in [0.1, 0.15) is 36.6 Å². The van der Waals surface area contributed by atoms with Crippen molar-refractivity contribution in [3.05, 3.63) is 35.3 Å². The summed E-state index contributed by atoms with van der Waals surface area (Å²) >= 11 is 0. The number of alkyl halides is 3. The van der Waals surface area contributed by atoms with Crippen LogP contribution in [0.25, 0.3) is 0 Å². The molecule has 4 N–H and O–H groups in total. The summed E-state index contributed by atoms with van der Waals surface area (Å²) in [6.07, 6.45) is -1.47. The van der Waals surface area contributed by atoms with Crippen LogP contribution < -0.4 is 11.1 Å². The number of nitrogens with one attached hydrogen (secondary N) is 2. The molecule has 3 heterocycles. The largest absolute Gasteiger partial charge is 0.421 e. The number of halogens is 3. The van der Waals surface area contributed by atoms with Gasteiger partial charge in [-0.2, -0.15) is 23.3 Å². The van der Waals surface area contributed by atoms with Gasteiger partial charge in [0.15, 0.2) is 5.82 Å². The van der Waals surface area contributed by atoms with E-state index in [9.17, 15) is 13.2 Å². The van der Waals surface area contributed by atoms with Crippen molar-refractivity contribution in [2.75, 3.05) is 11.1 Å². The Hall–Kier alpha value is -3.18. The van der Waals surface area contributed by atoms with Crippen LogP contribution >= 0.6 is 0 Å². The van der Waals surface area contributed by atoms with E-state index in [0.717, 1.165) is 0 Å². The van der Waals surface area contributed by atoms with Crippen LogP contribution in [0.5, 0.6) is 0 Å². The molecule has 0 aliphatic heterocycles. The SMILES string of the molecule is Cc1nn(C(C)(C)c2nnc[nH]2)cc1Nc1nc(C)c(C(F)(F)F)c(N)n1. The Kier molecular flexibility index (Phi) is 4.28. The molecule has 0 aromatic carbocycles. The third-order valence-electron chi connectivity index (χ3n) is 4.12. The highest BCUT2D eigenvalue weighted by Gasteiger charge is 2.37. The van der Waals surface area contributed by atoms with Crippen molar-refractivity contribution in [3.8, 4) is 0 Å². The first kappa shape index (κ1) is 18.6. The zero-order valence-electron chi connectivity index (χ0n) is 15.0. The number of nitrogens with two attached hydrogens (primary N) is 1. The van der Waals surface area contributed by atoms with Gasteiger partial charge in [0.2, 0.25) is 5.95 Å². The summed E-state index contributed by atoms with van der Waals surface area (Å²) in [4.78, 5) is 10.5. The minimum absolute atomic E-state index is 0.0434. The number of hydrogen-bond donors (Lipinski definition) is 3. The maximum atomic E-state index is 13.0. The summed E-state index contributed by atoms with van der Waals surface area (Å²) in [6.45, 7) is 6.76. The first-order valence-electron chi connectivity index (χ1n) is 7.91. The molecule has 0 saturated heterocycles. The fourth-order valence-corrected chi connectivity index (χ4v) is 2.60. The second-order valence-electron chi connectivity index (χ2n) is 6.48. The van der Waals surface area contributed by atoms with Crippen molar-refractivity contribution in [3.63, 3.8) is 0 Å². The number of anilines is 3. The molecular weight excluding hydrogens is 363 g/mol. The number of hydrogen-bond acceptors (Lipinski definition) is 7. The molecule has 0 saturated carbocycles. The van der Waals surface area contributed by atoms with Crippen molar-refractivity contribution in [2.45, 2.75) is 39.4 Å². The lowest BCUT2D eigenvalue weighted by Crippen LogP contribution is -2.29. The normalized spacial score (nSPS) is 12.4. The fourth-order valence-electron chi connectivity index (χ4n) is 2.60.